The summed E-state index contributed by atoms with van der Waals surface area (Å²) < 4.78 is 0. The van der Waals surface area contributed by atoms with Crippen molar-refractivity contribution in [2.75, 3.05) is 13.1 Å². The van der Waals surface area contributed by atoms with Gasteiger partial charge in [-0.1, -0.05) is 27.7 Å². The van der Waals surface area contributed by atoms with Crippen LogP contribution in [0.1, 0.15) is 47.0 Å². The maximum Gasteiger partial charge on any atom is 0.00929 e. The lowest BCUT2D eigenvalue weighted by atomic mass is 10.2. The first-order chi connectivity index (χ1) is 5.38. The third-order valence-electron chi connectivity index (χ3n) is 2.38. The molecule has 68 valence electrons. The van der Waals surface area contributed by atoms with Crippen LogP contribution in [0.4, 0.5) is 0 Å². The standard InChI is InChI=1S/C8H17N.C2H6/c1-3-8-6-5-7-9(8)4-2;1-2/h8H,3-7H2,1-2H3;1-2H3/t8-;/m1./s1. The van der Waals surface area contributed by atoms with Crippen LogP contribution in [0.2, 0.25) is 0 Å². The molecule has 0 bridgehead atoms. The lowest BCUT2D eigenvalue weighted by Gasteiger charge is -2.20. The van der Waals surface area contributed by atoms with Gasteiger partial charge >= 0.3 is 0 Å². The van der Waals surface area contributed by atoms with Gasteiger partial charge in [0.1, 0.15) is 0 Å². The molecule has 0 amide bonds. The van der Waals surface area contributed by atoms with E-state index in [9.17, 15) is 0 Å². The van der Waals surface area contributed by atoms with E-state index < -0.39 is 0 Å². The first-order valence-electron chi connectivity index (χ1n) is 5.12. The van der Waals surface area contributed by atoms with E-state index in [1.807, 2.05) is 13.8 Å². The van der Waals surface area contributed by atoms with Crippen molar-refractivity contribution in [3.8, 4) is 0 Å². The third kappa shape index (κ3) is 3.24. The van der Waals surface area contributed by atoms with Crippen molar-refractivity contribution in [1.29, 1.82) is 0 Å². The second-order valence-electron chi connectivity index (χ2n) is 2.83. The summed E-state index contributed by atoms with van der Waals surface area (Å²) in [6.45, 7) is 11.1. The first-order valence-corrected chi connectivity index (χ1v) is 5.12. The highest BCUT2D eigenvalue weighted by atomic mass is 15.2. The summed E-state index contributed by atoms with van der Waals surface area (Å²) in [6.07, 6.45) is 4.20. The zero-order valence-electron chi connectivity index (χ0n) is 8.56. The lowest BCUT2D eigenvalue weighted by molar-refractivity contribution is 0.262. The van der Waals surface area contributed by atoms with E-state index in [4.69, 9.17) is 0 Å². The summed E-state index contributed by atoms with van der Waals surface area (Å²) in [7, 11) is 0. The van der Waals surface area contributed by atoms with E-state index >= 15 is 0 Å². The monoisotopic (exact) mass is 157 g/mol. The van der Waals surface area contributed by atoms with Crippen LogP contribution in [0.15, 0.2) is 0 Å². The van der Waals surface area contributed by atoms with Gasteiger partial charge in [0.2, 0.25) is 0 Å². The Kier molecular flexibility index (Phi) is 6.63. The maximum absolute atomic E-state index is 2.58. The molecule has 0 aromatic heterocycles. The van der Waals surface area contributed by atoms with E-state index in [-0.39, 0.29) is 0 Å². The summed E-state index contributed by atoms with van der Waals surface area (Å²) in [5.74, 6) is 0. The van der Waals surface area contributed by atoms with Gasteiger partial charge in [0.05, 0.1) is 0 Å². The molecule has 1 aliphatic heterocycles. The minimum Gasteiger partial charge on any atom is -0.301 e. The molecule has 1 aliphatic rings. The highest BCUT2D eigenvalue weighted by Gasteiger charge is 2.20. The molecule has 1 atom stereocenters. The van der Waals surface area contributed by atoms with Crippen LogP contribution < -0.4 is 0 Å². The molecule has 0 saturated carbocycles. The fourth-order valence-corrected chi connectivity index (χ4v) is 1.77. The minimum absolute atomic E-state index is 0.912. The van der Waals surface area contributed by atoms with Crippen molar-refractivity contribution in [2.45, 2.75) is 53.0 Å². The summed E-state index contributed by atoms with van der Waals surface area (Å²) in [6, 6.07) is 0.912. The van der Waals surface area contributed by atoms with Crippen molar-refractivity contribution in [3.05, 3.63) is 0 Å². The molecule has 1 nitrogen and oxygen atoms in total. The Labute approximate surface area is 71.8 Å². The van der Waals surface area contributed by atoms with Crippen LogP contribution in [0.5, 0.6) is 0 Å². The van der Waals surface area contributed by atoms with Crippen molar-refractivity contribution < 1.29 is 0 Å². The molecule has 1 heteroatoms. The molecule has 0 aromatic carbocycles. The number of rotatable bonds is 2. The van der Waals surface area contributed by atoms with Gasteiger partial charge in [-0.15, -0.1) is 0 Å². The average molecular weight is 157 g/mol. The van der Waals surface area contributed by atoms with Crippen LogP contribution in [-0.4, -0.2) is 24.0 Å². The molecular weight excluding hydrogens is 134 g/mol. The Morgan fingerprint density at radius 1 is 1.27 bits per heavy atom. The van der Waals surface area contributed by atoms with Gasteiger partial charge in [-0.3, -0.25) is 0 Å². The fourth-order valence-electron chi connectivity index (χ4n) is 1.77. The molecule has 0 unspecified atom stereocenters. The molecule has 1 heterocycles. The van der Waals surface area contributed by atoms with Crippen LogP contribution >= 0.6 is 0 Å². The van der Waals surface area contributed by atoms with E-state index in [1.54, 1.807) is 0 Å². The average Bonchev–Trinajstić information content (AvgIpc) is 2.54. The predicted octanol–water partition coefficient (Wildman–Crippen LogP) is 2.91. The van der Waals surface area contributed by atoms with Gasteiger partial charge < -0.3 is 4.90 Å². The molecule has 0 aliphatic carbocycles. The molecule has 1 rings (SSSR count). The summed E-state index contributed by atoms with van der Waals surface area (Å²) in [5.41, 5.74) is 0. The molecule has 1 fully saturated rings. The predicted molar refractivity (Wildman–Crippen MR) is 51.9 cm³/mol. The van der Waals surface area contributed by atoms with E-state index in [2.05, 4.69) is 18.7 Å². The number of hydrogen-bond acceptors (Lipinski definition) is 1. The zero-order valence-corrected chi connectivity index (χ0v) is 8.56. The normalized spacial score (nSPS) is 24.5. The van der Waals surface area contributed by atoms with Crippen LogP contribution in [0.3, 0.4) is 0 Å². The van der Waals surface area contributed by atoms with Crippen LogP contribution in [-0.2, 0) is 0 Å². The molecule has 0 radical (unpaired) electrons. The van der Waals surface area contributed by atoms with Gasteiger partial charge in [-0.2, -0.15) is 0 Å². The van der Waals surface area contributed by atoms with Crippen molar-refractivity contribution in [1.82, 2.24) is 4.90 Å². The smallest absolute Gasteiger partial charge is 0.00929 e. The summed E-state index contributed by atoms with van der Waals surface area (Å²) >= 11 is 0. The summed E-state index contributed by atoms with van der Waals surface area (Å²) in [5, 5.41) is 0. The minimum atomic E-state index is 0.912. The SMILES string of the molecule is CC.CC[C@@H]1CCCN1CC. The third-order valence-corrected chi connectivity index (χ3v) is 2.38. The van der Waals surface area contributed by atoms with E-state index in [0.717, 1.165) is 6.04 Å². The second kappa shape index (κ2) is 6.66. The Balaban J connectivity index is 0.000000461. The maximum atomic E-state index is 2.58. The molecular formula is C10H23N. The number of nitrogens with zero attached hydrogens (tertiary/aromatic N) is 1. The van der Waals surface area contributed by atoms with Gasteiger partial charge in [-0.25, -0.2) is 0 Å². The van der Waals surface area contributed by atoms with E-state index in [0.29, 0.717) is 0 Å². The Hall–Kier alpha value is -0.0400. The first kappa shape index (κ1) is 11.0. The second-order valence-corrected chi connectivity index (χ2v) is 2.83. The van der Waals surface area contributed by atoms with Crippen molar-refractivity contribution in [3.63, 3.8) is 0 Å². The summed E-state index contributed by atoms with van der Waals surface area (Å²) in [4.78, 5) is 2.58. The van der Waals surface area contributed by atoms with Crippen molar-refractivity contribution in [2.24, 2.45) is 0 Å². The van der Waals surface area contributed by atoms with Crippen LogP contribution in [0.25, 0.3) is 0 Å². The van der Waals surface area contributed by atoms with Gasteiger partial charge in [0.15, 0.2) is 0 Å². The topological polar surface area (TPSA) is 3.24 Å². The Bertz CT molecular complexity index is 70.9. The van der Waals surface area contributed by atoms with Crippen molar-refractivity contribution >= 4 is 0 Å². The number of likely N-dealkylation sites (tertiary alicyclic amines) is 1. The molecule has 1 saturated heterocycles. The molecule has 11 heavy (non-hydrogen) atoms. The highest BCUT2D eigenvalue weighted by molar-refractivity contribution is 4.76. The molecule has 0 aromatic rings. The van der Waals surface area contributed by atoms with Gasteiger partial charge in [0, 0.05) is 6.04 Å². The highest BCUT2D eigenvalue weighted by Crippen LogP contribution is 2.18. The Morgan fingerprint density at radius 2 is 1.91 bits per heavy atom. The van der Waals surface area contributed by atoms with Gasteiger partial charge in [0.25, 0.3) is 0 Å². The molecule has 0 spiro atoms. The van der Waals surface area contributed by atoms with E-state index in [1.165, 1.54) is 32.4 Å². The number of hydrogen-bond donors (Lipinski definition) is 0. The lowest BCUT2D eigenvalue weighted by Crippen LogP contribution is -2.28. The fraction of sp³-hybridized carbons (Fsp3) is 1.00. The van der Waals surface area contributed by atoms with Gasteiger partial charge in [-0.05, 0) is 32.4 Å². The Morgan fingerprint density at radius 3 is 2.27 bits per heavy atom. The quantitative estimate of drug-likeness (QED) is 0.595. The van der Waals surface area contributed by atoms with Crippen LogP contribution in [0, 0.1) is 0 Å². The zero-order chi connectivity index (χ0) is 8.69. The molecule has 0 N–H and O–H groups in total. The largest absolute Gasteiger partial charge is 0.301 e.